The third kappa shape index (κ3) is 3.84. The highest BCUT2D eigenvalue weighted by Crippen LogP contribution is 2.38. The van der Waals surface area contributed by atoms with Crippen molar-refractivity contribution in [1.82, 2.24) is 14.8 Å². The summed E-state index contributed by atoms with van der Waals surface area (Å²) in [7, 11) is 0. The van der Waals surface area contributed by atoms with Crippen molar-refractivity contribution in [3.63, 3.8) is 0 Å². The van der Waals surface area contributed by atoms with E-state index in [-0.39, 0.29) is 12.3 Å². The van der Waals surface area contributed by atoms with Gasteiger partial charge in [-0.05, 0) is 35.9 Å². The smallest absolute Gasteiger partial charge is 0.228 e. The zero-order valence-corrected chi connectivity index (χ0v) is 15.5. The van der Waals surface area contributed by atoms with Gasteiger partial charge in [-0.25, -0.2) is 9.67 Å². The van der Waals surface area contributed by atoms with Gasteiger partial charge in [-0.3, -0.25) is 4.79 Å². The third-order valence-corrected chi connectivity index (χ3v) is 4.44. The number of anilines is 1. The quantitative estimate of drug-likeness (QED) is 0.719. The monoisotopic (exact) mass is 404 g/mol. The minimum atomic E-state index is -0.230. The number of benzene rings is 2. The highest BCUT2D eigenvalue weighted by molar-refractivity contribution is 6.32. The number of ether oxygens (including phenoxy) is 2. The summed E-state index contributed by atoms with van der Waals surface area (Å²) in [5, 5.41) is 7.87. The fourth-order valence-electron chi connectivity index (χ4n) is 2.79. The van der Waals surface area contributed by atoms with E-state index in [9.17, 15) is 4.79 Å². The lowest BCUT2D eigenvalue weighted by Gasteiger charge is -2.20. The highest BCUT2D eigenvalue weighted by Gasteiger charge is 2.18. The Balaban J connectivity index is 1.55. The number of hydrogen-bond acceptors (Lipinski definition) is 5. The molecule has 1 aliphatic rings. The van der Waals surface area contributed by atoms with Crippen LogP contribution in [0.15, 0.2) is 43.0 Å². The average molecular weight is 405 g/mol. The first-order valence-corrected chi connectivity index (χ1v) is 8.88. The molecule has 1 aromatic heterocycles. The van der Waals surface area contributed by atoms with Gasteiger partial charge in [0, 0.05) is 5.02 Å². The summed E-state index contributed by atoms with van der Waals surface area (Å²) in [6.07, 6.45) is 3.07. The molecule has 1 N–H and O–H groups in total. The minimum Gasteiger partial charge on any atom is -0.486 e. The summed E-state index contributed by atoms with van der Waals surface area (Å²) < 4.78 is 12.6. The molecular weight excluding hydrogens is 391 g/mol. The Morgan fingerprint density at radius 3 is 2.85 bits per heavy atom. The van der Waals surface area contributed by atoms with Crippen LogP contribution in [0.25, 0.3) is 5.69 Å². The van der Waals surface area contributed by atoms with Gasteiger partial charge in [0.05, 0.1) is 22.8 Å². The number of aromatic nitrogens is 3. The number of carbonyl (C=O) groups is 1. The molecule has 2 heterocycles. The Morgan fingerprint density at radius 1 is 1.19 bits per heavy atom. The second-order valence-corrected chi connectivity index (χ2v) is 6.67. The molecule has 2 aromatic carbocycles. The highest BCUT2D eigenvalue weighted by atomic mass is 35.5. The van der Waals surface area contributed by atoms with E-state index in [4.69, 9.17) is 32.7 Å². The van der Waals surface area contributed by atoms with Gasteiger partial charge in [-0.1, -0.05) is 23.2 Å². The van der Waals surface area contributed by atoms with Gasteiger partial charge in [-0.15, -0.1) is 0 Å². The number of carbonyl (C=O) groups excluding carboxylic acids is 1. The molecule has 0 bridgehead atoms. The van der Waals surface area contributed by atoms with Crippen LogP contribution in [0, 0.1) is 0 Å². The second-order valence-electron chi connectivity index (χ2n) is 5.83. The molecule has 1 amide bonds. The molecule has 0 saturated heterocycles. The van der Waals surface area contributed by atoms with Crippen molar-refractivity contribution in [3.8, 4) is 17.2 Å². The lowest BCUT2D eigenvalue weighted by Crippen LogP contribution is -2.18. The molecule has 0 atom stereocenters. The van der Waals surface area contributed by atoms with Crippen LogP contribution in [0.4, 0.5) is 5.69 Å². The molecule has 0 fully saturated rings. The summed E-state index contributed by atoms with van der Waals surface area (Å²) in [6, 6.07) is 8.59. The van der Waals surface area contributed by atoms with Crippen LogP contribution in [-0.4, -0.2) is 33.9 Å². The summed E-state index contributed by atoms with van der Waals surface area (Å²) in [4.78, 5) is 16.5. The Morgan fingerprint density at radius 2 is 2.04 bits per heavy atom. The van der Waals surface area contributed by atoms with Crippen molar-refractivity contribution in [3.05, 3.63) is 58.6 Å². The van der Waals surface area contributed by atoms with Gasteiger partial charge in [-0.2, -0.15) is 5.10 Å². The molecule has 3 aromatic rings. The zero-order valence-electron chi connectivity index (χ0n) is 14.0. The maximum atomic E-state index is 12.6. The molecule has 0 unspecified atom stereocenters. The van der Waals surface area contributed by atoms with Crippen LogP contribution in [0.5, 0.6) is 11.5 Å². The fraction of sp³-hybridized carbons (Fsp3) is 0.167. The van der Waals surface area contributed by atoms with Crippen molar-refractivity contribution >= 4 is 34.8 Å². The van der Waals surface area contributed by atoms with Crippen LogP contribution in [0.3, 0.4) is 0 Å². The minimum absolute atomic E-state index is 0.111. The Hall–Kier alpha value is -2.77. The zero-order chi connectivity index (χ0) is 18.8. The molecule has 0 radical (unpaired) electrons. The normalized spacial score (nSPS) is 12.7. The van der Waals surface area contributed by atoms with Gasteiger partial charge in [0.2, 0.25) is 5.91 Å². The summed E-state index contributed by atoms with van der Waals surface area (Å²) in [5.41, 5.74) is 1.90. The lowest BCUT2D eigenvalue weighted by atomic mass is 10.1. The predicted octanol–water partition coefficient (Wildman–Crippen LogP) is 3.53. The van der Waals surface area contributed by atoms with E-state index in [1.165, 1.54) is 6.33 Å². The van der Waals surface area contributed by atoms with E-state index in [2.05, 4.69) is 15.4 Å². The first-order valence-electron chi connectivity index (χ1n) is 8.12. The molecule has 0 saturated carbocycles. The van der Waals surface area contributed by atoms with Crippen LogP contribution in [0.2, 0.25) is 10.0 Å². The number of rotatable bonds is 4. The van der Waals surface area contributed by atoms with Gasteiger partial charge < -0.3 is 14.8 Å². The number of halogens is 2. The fourth-order valence-corrected chi connectivity index (χ4v) is 3.25. The third-order valence-electron chi connectivity index (χ3n) is 3.92. The Bertz CT molecular complexity index is 993. The Labute approximate surface area is 164 Å². The molecular formula is C18H14Cl2N4O3. The van der Waals surface area contributed by atoms with E-state index in [1.54, 1.807) is 41.3 Å². The SMILES string of the molecule is O=C(Cc1cc(Cl)c2c(c1)OCCO2)Nc1cc(Cl)ccc1-n1cncn1. The lowest BCUT2D eigenvalue weighted by molar-refractivity contribution is -0.115. The molecule has 138 valence electrons. The first-order chi connectivity index (χ1) is 13.1. The number of amides is 1. The summed E-state index contributed by atoms with van der Waals surface area (Å²) in [5.74, 6) is 0.823. The van der Waals surface area contributed by atoms with Crippen molar-refractivity contribution in [2.24, 2.45) is 0 Å². The molecule has 4 rings (SSSR count). The predicted molar refractivity (Wildman–Crippen MR) is 101 cm³/mol. The van der Waals surface area contributed by atoms with Gasteiger partial charge in [0.25, 0.3) is 0 Å². The standard InChI is InChI=1S/C18H14Cl2N4O3/c19-12-1-2-15(24-10-21-9-22-24)14(8-12)23-17(25)7-11-5-13(20)18-16(6-11)26-3-4-27-18/h1-2,5-6,8-10H,3-4,7H2,(H,23,25). The molecule has 7 nitrogen and oxygen atoms in total. The summed E-state index contributed by atoms with van der Waals surface area (Å²) in [6.45, 7) is 0.898. The number of hydrogen-bond donors (Lipinski definition) is 1. The largest absolute Gasteiger partial charge is 0.486 e. The van der Waals surface area contributed by atoms with E-state index in [1.807, 2.05) is 0 Å². The molecule has 27 heavy (non-hydrogen) atoms. The van der Waals surface area contributed by atoms with Gasteiger partial charge >= 0.3 is 0 Å². The molecule has 1 aliphatic heterocycles. The maximum absolute atomic E-state index is 12.6. The van der Waals surface area contributed by atoms with Crippen LogP contribution < -0.4 is 14.8 Å². The van der Waals surface area contributed by atoms with Crippen molar-refractivity contribution in [1.29, 1.82) is 0 Å². The van der Waals surface area contributed by atoms with Crippen molar-refractivity contribution in [2.45, 2.75) is 6.42 Å². The topological polar surface area (TPSA) is 78.3 Å². The van der Waals surface area contributed by atoms with E-state index in [0.717, 1.165) is 0 Å². The summed E-state index contributed by atoms with van der Waals surface area (Å²) >= 11 is 12.3. The van der Waals surface area contributed by atoms with Crippen molar-refractivity contribution in [2.75, 3.05) is 18.5 Å². The average Bonchev–Trinajstić information content (AvgIpc) is 3.16. The molecule has 9 heteroatoms. The van der Waals surface area contributed by atoms with E-state index < -0.39 is 0 Å². The maximum Gasteiger partial charge on any atom is 0.228 e. The van der Waals surface area contributed by atoms with E-state index in [0.29, 0.717) is 51.7 Å². The first kappa shape index (κ1) is 17.6. The number of fused-ring (bicyclic) bond motifs is 1. The van der Waals surface area contributed by atoms with Gasteiger partial charge in [0.15, 0.2) is 11.5 Å². The molecule has 0 aliphatic carbocycles. The number of nitrogens with one attached hydrogen (secondary N) is 1. The number of nitrogens with zero attached hydrogens (tertiary/aromatic N) is 3. The van der Waals surface area contributed by atoms with Crippen molar-refractivity contribution < 1.29 is 14.3 Å². The Kier molecular flexibility index (Phi) is 4.87. The van der Waals surface area contributed by atoms with E-state index >= 15 is 0 Å². The second kappa shape index (κ2) is 7.46. The van der Waals surface area contributed by atoms with Crippen LogP contribution in [-0.2, 0) is 11.2 Å². The van der Waals surface area contributed by atoms with Crippen LogP contribution >= 0.6 is 23.2 Å². The molecule has 0 spiro atoms. The van der Waals surface area contributed by atoms with Crippen LogP contribution in [0.1, 0.15) is 5.56 Å². The van der Waals surface area contributed by atoms with Gasteiger partial charge in [0.1, 0.15) is 25.9 Å².